The molecule has 0 aliphatic carbocycles. The molecular formula is C21H16ClN5O2S. The molecule has 2 aromatic heterocycles. The highest BCUT2D eigenvalue weighted by Gasteiger charge is 2.13. The summed E-state index contributed by atoms with van der Waals surface area (Å²) in [5, 5.41) is 12.7. The highest BCUT2D eigenvalue weighted by Crippen LogP contribution is 2.26. The standard InChI is InChI=1S/C21H16ClN5O2S/c1-13(28)24-17-7-5-14(6-8-17)19-12-30-21(25-19)26-20(29)15-10-23-27(11-15)18-4-2-3-16(22)9-18/h2-12H,1H3,(H,24,28)(H,25,26,29). The molecule has 9 heteroatoms. The SMILES string of the molecule is CC(=O)Nc1ccc(-c2csc(NC(=O)c3cnn(-c4cccc(Cl)c4)c3)n2)cc1. The summed E-state index contributed by atoms with van der Waals surface area (Å²) in [6.07, 6.45) is 3.13. The fraction of sp³-hybridized carbons (Fsp3) is 0.0476. The second kappa shape index (κ2) is 8.48. The van der Waals surface area contributed by atoms with E-state index < -0.39 is 0 Å². The lowest BCUT2D eigenvalue weighted by atomic mass is 10.1. The van der Waals surface area contributed by atoms with Crippen LogP contribution in [0.15, 0.2) is 66.3 Å². The van der Waals surface area contributed by atoms with E-state index in [1.807, 2.05) is 29.6 Å². The molecule has 7 nitrogen and oxygen atoms in total. The number of carbonyl (C=O) groups excluding carboxylic acids is 2. The molecule has 0 saturated carbocycles. The first kappa shape index (κ1) is 19.8. The van der Waals surface area contributed by atoms with Gasteiger partial charge in [-0.05, 0) is 30.3 Å². The number of carbonyl (C=O) groups is 2. The van der Waals surface area contributed by atoms with Crippen molar-refractivity contribution in [3.63, 3.8) is 0 Å². The van der Waals surface area contributed by atoms with E-state index in [0.717, 1.165) is 16.9 Å². The van der Waals surface area contributed by atoms with Crippen molar-refractivity contribution in [1.29, 1.82) is 0 Å². The van der Waals surface area contributed by atoms with Crippen LogP contribution in [0.2, 0.25) is 5.02 Å². The first-order chi connectivity index (χ1) is 14.5. The monoisotopic (exact) mass is 437 g/mol. The first-order valence-electron chi connectivity index (χ1n) is 8.93. The zero-order valence-corrected chi connectivity index (χ0v) is 17.4. The summed E-state index contributed by atoms with van der Waals surface area (Å²) in [7, 11) is 0. The Kier molecular flexibility index (Phi) is 5.60. The van der Waals surface area contributed by atoms with Gasteiger partial charge in [-0.15, -0.1) is 11.3 Å². The Bertz CT molecular complexity index is 1220. The van der Waals surface area contributed by atoms with Gasteiger partial charge in [-0.2, -0.15) is 5.10 Å². The Labute approximate surface area is 181 Å². The topological polar surface area (TPSA) is 88.9 Å². The van der Waals surface area contributed by atoms with Crippen LogP contribution in [-0.2, 0) is 4.79 Å². The van der Waals surface area contributed by atoms with Crippen LogP contribution in [0.5, 0.6) is 0 Å². The summed E-state index contributed by atoms with van der Waals surface area (Å²) in [4.78, 5) is 28.1. The summed E-state index contributed by atoms with van der Waals surface area (Å²) in [5.41, 5.74) is 3.51. The van der Waals surface area contributed by atoms with E-state index >= 15 is 0 Å². The predicted octanol–water partition coefficient (Wildman–Crippen LogP) is 4.86. The molecule has 0 aliphatic heterocycles. The van der Waals surface area contributed by atoms with Crippen LogP contribution in [0.1, 0.15) is 17.3 Å². The molecule has 4 aromatic rings. The molecular weight excluding hydrogens is 422 g/mol. The second-order valence-corrected chi connectivity index (χ2v) is 7.70. The summed E-state index contributed by atoms with van der Waals surface area (Å²) < 4.78 is 1.59. The summed E-state index contributed by atoms with van der Waals surface area (Å²) in [6, 6.07) is 14.5. The van der Waals surface area contributed by atoms with E-state index in [0.29, 0.717) is 21.4 Å². The van der Waals surface area contributed by atoms with Crippen molar-refractivity contribution in [3.8, 4) is 16.9 Å². The average molecular weight is 438 g/mol. The van der Waals surface area contributed by atoms with E-state index in [9.17, 15) is 9.59 Å². The molecule has 0 fully saturated rings. The zero-order chi connectivity index (χ0) is 21.1. The van der Waals surface area contributed by atoms with Gasteiger partial charge in [0.15, 0.2) is 5.13 Å². The number of halogens is 1. The third-order valence-electron chi connectivity index (χ3n) is 4.14. The number of thiazole rings is 1. The normalized spacial score (nSPS) is 10.6. The molecule has 30 heavy (non-hydrogen) atoms. The zero-order valence-electron chi connectivity index (χ0n) is 15.8. The van der Waals surface area contributed by atoms with Gasteiger partial charge in [-0.3, -0.25) is 14.9 Å². The van der Waals surface area contributed by atoms with Crippen molar-refractivity contribution in [2.24, 2.45) is 0 Å². The molecule has 0 unspecified atom stereocenters. The van der Waals surface area contributed by atoms with Crippen LogP contribution in [0.25, 0.3) is 16.9 Å². The van der Waals surface area contributed by atoms with E-state index in [4.69, 9.17) is 11.6 Å². The number of nitrogens with one attached hydrogen (secondary N) is 2. The van der Waals surface area contributed by atoms with Crippen molar-refractivity contribution >= 4 is 45.6 Å². The minimum Gasteiger partial charge on any atom is -0.326 e. The maximum absolute atomic E-state index is 12.6. The number of benzene rings is 2. The Hall–Kier alpha value is -3.49. The van der Waals surface area contributed by atoms with Gasteiger partial charge in [-0.1, -0.05) is 29.8 Å². The maximum atomic E-state index is 12.6. The number of anilines is 2. The third-order valence-corrected chi connectivity index (χ3v) is 5.14. The molecule has 2 amide bonds. The smallest absolute Gasteiger partial charge is 0.260 e. The Balaban J connectivity index is 1.45. The molecule has 0 radical (unpaired) electrons. The van der Waals surface area contributed by atoms with Gasteiger partial charge in [-0.25, -0.2) is 9.67 Å². The number of hydrogen-bond acceptors (Lipinski definition) is 5. The molecule has 4 rings (SSSR count). The summed E-state index contributed by atoms with van der Waals surface area (Å²) >= 11 is 7.34. The van der Waals surface area contributed by atoms with Gasteiger partial charge in [0, 0.05) is 34.8 Å². The van der Waals surface area contributed by atoms with Crippen molar-refractivity contribution < 1.29 is 9.59 Å². The average Bonchev–Trinajstić information content (AvgIpc) is 3.38. The van der Waals surface area contributed by atoms with E-state index in [1.165, 1.54) is 24.5 Å². The fourth-order valence-electron chi connectivity index (χ4n) is 2.76. The lowest BCUT2D eigenvalue weighted by molar-refractivity contribution is -0.114. The first-order valence-corrected chi connectivity index (χ1v) is 10.2. The number of hydrogen-bond donors (Lipinski definition) is 2. The number of nitrogens with zero attached hydrogens (tertiary/aromatic N) is 3. The summed E-state index contributed by atoms with van der Waals surface area (Å²) in [5.74, 6) is -0.426. The van der Waals surface area contributed by atoms with Crippen LogP contribution in [0.3, 0.4) is 0 Å². The van der Waals surface area contributed by atoms with Crippen molar-refractivity contribution in [2.45, 2.75) is 6.92 Å². The second-order valence-electron chi connectivity index (χ2n) is 6.40. The highest BCUT2D eigenvalue weighted by molar-refractivity contribution is 7.14. The van der Waals surface area contributed by atoms with E-state index in [1.54, 1.807) is 35.1 Å². The van der Waals surface area contributed by atoms with Gasteiger partial charge in [0.25, 0.3) is 5.91 Å². The molecule has 0 atom stereocenters. The minimum atomic E-state index is -0.301. The third kappa shape index (κ3) is 4.56. The Morgan fingerprint density at radius 2 is 1.90 bits per heavy atom. The van der Waals surface area contributed by atoms with Gasteiger partial charge >= 0.3 is 0 Å². The van der Waals surface area contributed by atoms with Gasteiger partial charge in [0.2, 0.25) is 5.91 Å². The van der Waals surface area contributed by atoms with Crippen LogP contribution in [0.4, 0.5) is 10.8 Å². The molecule has 0 bridgehead atoms. The van der Waals surface area contributed by atoms with E-state index in [2.05, 4.69) is 20.7 Å². The lowest BCUT2D eigenvalue weighted by Gasteiger charge is -2.03. The summed E-state index contributed by atoms with van der Waals surface area (Å²) in [6.45, 7) is 1.46. The van der Waals surface area contributed by atoms with E-state index in [-0.39, 0.29) is 11.8 Å². The maximum Gasteiger partial charge on any atom is 0.260 e. The van der Waals surface area contributed by atoms with Crippen LogP contribution >= 0.6 is 22.9 Å². The quantitative estimate of drug-likeness (QED) is 0.466. The number of aromatic nitrogens is 3. The van der Waals surface area contributed by atoms with Gasteiger partial charge in [0.05, 0.1) is 23.1 Å². The van der Waals surface area contributed by atoms with Crippen molar-refractivity contribution in [1.82, 2.24) is 14.8 Å². The fourth-order valence-corrected chi connectivity index (χ4v) is 3.66. The molecule has 2 N–H and O–H groups in total. The molecule has 150 valence electrons. The van der Waals surface area contributed by atoms with Crippen LogP contribution in [0, 0.1) is 0 Å². The van der Waals surface area contributed by atoms with Gasteiger partial charge in [0.1, 0.15) is 0 Å². The minimum absolute atomic E-state index is 0.125. The molecule has 0 aliphatic rings. The molecule has 0 saturated heterocycles. The van der Waals surface area contributed by atoms with Crippen LogP contribution < -0.4 is 10.6 Å². The molecule has 0 spiro atoms. The highest BCUT2D eigenvalue weighted by atomic mass is 35.5. The van der Waals surface area contributed by atoms with Crippen molar-refractivity contribution in [3.05, 3.63) is 76.9 Å². The van der Waals surface area contributed by atoms with Gasteiger partial charge < -0.3 is 5.32 Å². The number of amides is 2. The lowest BCUT2D eigenvalue weighted by Crippen LogP contribution is -2.10. The predicted molar refractivity (Wildman–Crippen MR) is 118 cm³/mol. The Morgan fingerprint density at radius 3 is 2.63 bits per heavy atom. The van der Waals surface area contributed by atoms with Crippen LogP contribution in [-0.4, -0.2) is 26.6 Å². The largest absolute Gasteiger partial charge is 0.326 e. The molecule has 2 aromatic carbocycles. The number of rotatable bonds is 5. The Morgan fingerprint density at radius 1 is 1.10 bits per heavy atom. The molecule has 2 heterocycles. The van der Waals surface area contributed by atoms with Crippen molar-refractivity contribution in [2.75, 3.05) is 10.6 Å².